The molecule has 1 aliphatic rings. The van der Waals surface area contributed by atoms with Gasteiger partial charge in [0, 0.05) is 29.5 Å². The molecule has 0 fully saturated rings. The van der Waals surface area contributed by atoms with Crippen LogP contribution >= 0.6 is 15.9 Å². The zero-order valence-corrected chi connectivity index (χ0v) is 12.9. The van der Waals surface area contributed by atoms with Crippen LogP contribution in [0.25, 0.3) is 0 Å². The van der Waals surface area contributed by atoms with Gasteiger partial charge in [-0.25, -0.2) is 0 Å². The van der Waals surface area contributed by atoms with Gasteiger partial charge in [0.15, 0.2) is 0 Å². The van der Waals surface area contributed by atoms with Gasteiger partial charge < -0.3 is 14.8 Å². The second-order valence-electron chi connectivity index (χ2n) is 4.84. The maximum absolute atomic E-state index is 5.69. The number of halogens is 1. The number of rotatable bonds is 7. The van der Waals surface area contributed by atoms with Crippen LogP contribution in [0.15, 0.2) is 28.8 Å². The number of benzene rings is 1. The van der Waals surface area contributed by atoms with Crippen LogP contribution in [-0.2, 0) is 17.7 Å². The molecule has 0 radical (unpaired) electrons. The van der Waals surface area contributed by atoms with Gasteiger partial charge in [-0.2, -0.15) is 0 Å². The molecule has 1 aromatic carbocycles. The van der Waals surface area contributed by atoms with E-state index in [2.05, 4.69) is 40.0 Å². The van der Waals surface area contributed by atoms with Crippen LogP contribution in [0.3, 0.4) is 0 Å². The van der Waals surface area contributed by atoms with Gasteiger partial charge in [0.25, 0.3) is 0 Å². The van der Waals surface area contributed by atoms with E-state index >= 15 is 0 Å². The summed E-state index contributed by atoms with van der Waals surface area (Å²) in [7, 11) is 0. The summed E-state index contributed by atoms with van der Waals surface area (Å²) in [6.45, 7) is 9.53. The average molecular weight is 326 g/mol. The summed E-state index contributed by atoms with van der Waals surface area (Å²) in [6, 6.07) is 4.26. The summed E-state index contributed by atoms with van der Waals surface area (Å²) in [6.07, 6.45) is 1.00. The predicted molar refractivity (Wildman–Crippen MR) is 80.7 cm³/mol. The largest absolute Gasteiger partial charge is 0.493 e. The van der Waals surface area contributed by atoms with E-state index in [0.717, 1.165) is 41.9 Å². The van der Waals surface area contributed by atoms with E-state index < -0.39 is 0 Å². The fourth-order valence-electron chi connectivity index (χ4n) is 2.09. The first-order chi connectivity index (χ1) is 9.16. The first kappa shape index (κ1) is 14.6. The van der Waals surface area contributed by atoms with Gasteiger partial charge in [-0.3, -0.25) is 0 Å². The summed E-state index contributed by atoms with van der Waals surface area (Å²) in [5.74, 6) is 1.05. The number of fused-ring (bicyclic) bond motifs is 1. The molecule has 0 spiro atoms. The Balaban J connectivity index is 1.79. The third-order valence-corrected chi connectivity index (χ3v) is 3.37. The third-order valence-electron chi connectivity index (χ3n) is 2.91. The lowest BCUT2D eigenvalue weighted by Crippen LogP contribution is -2.20. The van der Waals surface area contributed by atoms with E-state index in [4.69, 9.17) is 9.47 Å². The van der Waals surface area contributed by atoms with Crippen LogP contribution in [0.1, 0.15) is 18.1 Å². The van der Waals surface area contributed by atoms with Gasteiger partial charge >= 0.3 is 0 Å². The van der Waals surface area contributed by atoms with E-state index in [1.807, 2.05) is 6.92 Å². The summed E-state index contributed by atoms with van der Waals surface area (Å²) in [5, 5.41) is 3.38. The molecular weight excluding hydrogens is 306 g/mol. The van der Waals surface area contributed by atoms with Crippen molar-refractivity contribution in [1.82, 2.24) is 5.32 Å². The topological polar surface area (TPSA) is 30.5 Å². The Hall–Kier alpha value is -0.840. The highest BCUT2D eigenvalue weighted by molar-refractivity contribution is 9.10. The molecule has 0 bridgehead atoms. The van der Waals surface area contributed by atoms with Gasteiger partial charge in [0.1, 0.15) is 5.75 Å². The standard InChI is InChI=1S/C15H20BrNO2/c1-11(2)10-18-6-4-17-9-13-8-14(16)7-12-3-5-19-15(12)13/h7-8,17H,1,3-6,9-10H2,2H3. The molecule has 1 aliphatic heterocycles. The Bertz CT molecular complexity index is 460. The van der Waals surface area contributed by atoms with E-state index in [0.29, 0.717) is 13.2 Å². The Kier molecular flexibility index (Phi) is 5.43. The van der Waals surface area contributed by atoms with Crippen molar-refractivity contribution in [1.29, 1.82) is 0 Å². The molecule has 19 heavy (non-hydrogen) atoms. The molecule has 0 unspecified atom stereocenters. The fraction of sp³-hybridized carbons (Fsp3) is 0.467. The normalized spacial score (nSPS) is 13.2. The van der Waals surface area contributed by atoms with Crippen LogP contribution in [0.4, 0.5) is 0 Å². The van der Waals surface area contributed by atoms with Crippen molar-refractivity contribution in [2.45, 2.75) is 19.9 Å². The number of nitrogens with one attached hydrogen (secondary N) is 1. The second-order valence-corrected chi connectivity index (χ2v) is 5.75. The Morgan fingerprint density at radius 3 is 3.16 bits per heavy atom. The molecule has 0 saturated heterocycles. The molecule has 0 aromatic heterocycles. The molecule has 3 nitrogen and oxygen atoms in total. The van der Waals surface area contributed by atoms with Crippen LogP contribution in [-0.4, -0.2) is 26.4 Å². The monoisotopic (exact) mass is 325 g/mol. The lowest BCUT2D eigenvalue weighted by atomic mass is 10.1. The molecule has 0 amide bonds. The number of ether oxygens (including phenoxy) is 2. The maximum atomic E-state index is 5.69. The minimum Gasteiger partial charge on any atom is -0.493 e. The maximum Gasteiger partial charge on any atom is 0.127 e. The van der Waals surface area contributed by atoms with Gasteiger partial charge in [0.05, 0.1) is 19.8 Å². The van der Waals surface area contributed by atoms with Gasteiger partial charge in [-0.15, -0.1) is 0 Å². The van der Waals surface area contributed by atoms with Crippen molar-refractivity contribution in [2.75, 3.05) is 26.4 Å². The molecule has 1 N–H and O–H groups in total. The van der Waals surface area contributed by atoms with Crippen LogP contribution < -0.4 is 10.1 Å². The summed E-state index contributed by atoms with van der Waals surface area (Å²) < 4.78 is 12.3. The van der Waals surface area contributed by atoms with Crippen molar-refractivity contribution in [3.05, 3.63) is 39.9 Å². The van der Waals surface area contributed by atoms with Crippen LogP contribution in [0, 0.1) is 0 Å². The van der Waals surface area contributed by atoms with Gasteiger partial charge in [0.2, 0.25) is 0 Å². The molecule has 0 aliphatic carbocycles. The van der Waals surface area contributed by atoms with E-state index in [9.17, 15) is 0 Å². The van der Waals surface area contributed by atoms with Gasteiger partial charge in [-0.05, 0) is 24.6 Å². The summed E-state index contributed by atoms with van der Waals surface area (Å²) in [4.78, 5) is 0. The highest BCUT2D eigenvalue weighted by atomic mass is 79.9. The quantitative estimate of drug-likeness (QED) is 0.617. The first-order valence-corrected chi connectivity index (χ1v) is 7.33. The van der Waals surface area contributed by atoms with Crippen molar-refractivity contribution >= 4 is 15.9 Å². The van der Waals surface area contributed by atoms with Crippen LogP contribution in [0.2, 0.25) is 0 Å². The zero-order valence-electron chi connectivity index (χ0n) is 11.3. The highest BCUT2D eigenvalue weighted by Crippen LogP contribution is 2.32. The molecule has 104 valence electrons. The van der Waals surface area contributed by atoms with E-state index in [-0.39, 0.29) is 0 Å². The number of hydrogen-bond acceptors (Lipinski definition) is 3. The molecule has 2 rings (SSSR count). The Morgan fingerprint density at radius 1 is 1.53 bits per heavy atom. The van der Waals surface area contributed by atoms with E-state index in [1.54, 1.807) is 0 Å². The molecule has 0 saturated carbocycles. The van der Waals surface area contributed by atoms with Crippen molar-refractivity contribution in [2.24, 2.45) is 0 Å². The lowest BCUT2D eigenvalue weighted by Gasteiger charge is -2.10. The zero-order chi connectivity index (χ0) is 13.7. The molecule has 4 heteroatoms. The van der Waals surface area contributed by atoms with E-state index in [1.165, 1.54) is 11.1 Å². The molecule has 1 aromatic rings. The smallest absolute Gasteiger partial charge is 0.127 e. The fourth-order valence-corrected chi connectivity index (χ4v) is 2.64. The second kappa shape index (κ2) is 7.08. The summed E-state index contributed by atoms with van der Waals surface area (Å²) >= 11 is 3.55. The molecule has 1 heterocycles. The van der Waals surface area contributed by atoms with Crippen LogP contribution in [0.5, 0.6) is 5.75 Å². The molecular formula is C15H20BrNO2. The highest BCUT2D eigenvalue weighted by Gasteiger charge is 2.16. The number of hydrogen-bond donors (Lipinski definition) is 1. The SMILES string of the molecule is C=C(C)COCCNCc1cc(Br)cc2c1OCC2. The predicted octanol–water partition coefficient (Wildman–Crippen LogP) is 3.07. The minimum atomic E-state index is 0.636. The third kappa shape index (κ3) is 4.34. The van der Waals surface area contributed by atoms with Crippen molar-refractivity contribution in [3.8, 4) is 5.75 Å². The first-order valence-electron chi connectivity index (χ1n) is 6.54. The van der Waals surface area contributed by atoms with Gasteiger partial charge in [-0.1, -0.05) is 28.1 Å². The lowest BCUT2D eigenvalue weighted by molar-refractivity contribution is 0.157. The summed E-state index contributed by atoms with van der Waals surface area (Å²) in [5.41, 5.74) is 3.56. The Morgan fingerprint density at radius 2 is 2.37 bits per heavy atom. The van der Waals surface area contributed by atoms with Crippen molar-refractivity contribution < 1.29 is 9.47 Å². The van der Waals surface area contributed by atoms with Crippen molar-refractivity contribution in [3.63, 3.8) is 0 Å². The molecule has 0 atom stereocenters. The minimum absolute atomic E-state index is 0.636. The average Bonchev–Trinajstić information content (AvgIpc) is 2.80. The Labute approximate surface area is 123 Å².